The summed E-state index contributed by atoms with van der Waals surface area (Å²) in [6, 6.07) is 8.50. The number of anilines is 1. The van der Waals surface area contributed by atoms with Crippen molar-refractivity contribution in [2.45, 2.75) is 27.7 Å². The van der Waals surface area contributed by atoms with Crippen LogP contribution in [-0.4, -0.2) is 74.0 Å². The molecule has 0 spiro atoms. The Kier molecular flexibility index (Phi) is 10.5. The second kappa shape index (κ2) is 12.0. The predicted molar refractivity (Wildman–Crippen MR) is 124 cm³/mol. The fraction of sp³-hybridized carbons (Fsp3) is 0.600. The summed E-state index contributed by atoms with van der Waals surface area (Å²) in [4.78, 5) is 22.9. The molecule has 0 radical (unpaired) electrons. The highest BCUT2D eigenvalue weighted by atomic mass is 127. The van der Waals surface area contributed by atoms with E-state index in [-0.39, 0.29) is 29.9 Å². The molecule has 2 rings (SSSR count). The molecule has 6 nitrogen and oxygen atoms in total. The molecule has 1 saturated heterocycles. The standard InChI is InChI=1S/C20H33N5O.HI/c1-5-21-20(25-15-13-24(14-16-25)18(4)26)22-11-12-23(6-2)19-10-8-7-9-17(19)3;/h7-10H,5-6,11-16H2,1-4H3,(H,21,22);1H. The number of nitrogens with one attached hydrogen (secondary N) is 1. The van der Waals surface area contributed by atoms with Gasteiger partial charge >= 0.3 is 0 Å². The number of halogens is 1. The summed E-state index contributed by atoms with van der Waals surface area (Å²) in [6.45, 7) is 14.7. The summed E-state index contributed by atoms with van der Waals surface area (Å²) in [6.07, 6.45) is 0. The van der Waals surface area contributed by atoms with Crippen LogP contribution in [0.2, 0.25) is 0 Å². The number of hydrogen-bond acceptors (Lipinski definition) is 3. The molecule has 0 saturated carbocycles. The number of nitrogens with zero attached hydrogens (tertiary/aromatic N) is 4. The van der Waals surface area contributed by atoms with Crippen LogP contribution >= 0.6 is 24.0 Å². The maximum atomic E-state index is 11.5. The molecule has 0 unspecified atom stereocenters. The first-order valence-corrected chi connectivity index (χ1v) is 9.66. The number of carbonyl (C=O) groups excluding carboxylic acids is 1. The van der Waals surface area contributed by atoms with Crippen LogP contribution < -0.4 is 10.2 Å². The highest BCUT2D eigenvalue weighted by Gasteiger charge is 2.20. The van der Waals surface area contributed by atoms with Crippen LogP contribution in [0, 0.1) is 6.92 Å². The quantitative estimate of drug-likeness (QED) is 0.381. The summed E-state index contributed by atoms with van der Waals surface area (Å²) in [5, 5.41) is 3.39. The molecule has 1 aliphatic rings. The largest absolute Gasteiger partial charge is 0.370 e. The highest BCUT2D eigenvalue weighted by Crippen LogP contribution is 2.18. The zero-order valence-corrected chi connectivity index (χ0v) is 19.4. The predicted octanol–water partition coefficient (Wildman–Crippen LogP) is 2.57. The maximum Gasteiger partial charge on any atom is 0.219 e. The Balaban J connectivity index is 0.00000364. The van der Waals surface area contributed by atoms with Crippen molar-refractivity contribution >= 4 is 41.5 Å². The van der Waals surface area contributed by atoms with Crippen molar-refractivity contribution in [3.05, 3.63) is 29.8 Å². The summed E-state index contributed by atoms with van der Waals surface area (Å²) in [5.41, 5.74) is 2.58. The number of guanidine groups is 1. The minimum absolute atomic E-state index is 0. The Labute approximate surface area is 181 Å². The van der Waals surface area contributed by atoms with Gasteiger partial charge in [0.1, 0.15) is 0 Å². The summed E-state index contributed by atoms with van der Waals surface area (Å²) < 4.78 is 0. The van der Waals surface area contributed by atoms with Crippen molar-refractivity contribution in [1.82, 2.24) is 15.1 Å². The molecule has 27 heavy (non-hydrogen) atoms. The Hall–Kier alpha value is -1.51. The third-order valence-electron chi connectivity index (χ3n) is 4.83. The second-order valence-corrected chi connectivity index (χ2v) is 6.59. The first-order chi connectivity index (χ1) is 12.6. The fourth-order valence-corrected chi connectivity index (χ4v) is 3.30. The van der Waals surface area contributed by atoms with Gasteiger partial charge in [-0.15, -0.1) is 24.0 Å². The van der Waals surface area contributed by atoms with E-state index >= 15 is 0 Å². The molecule has 152 valence electrons. The van der Waals surface area contributed by atoms with Crippen molar-refractivity contribution in [3.8, 4) is 0 Å². The van der Waals surface area contributed by atoms with Crippen LogP contribution in [0.1, 0.15) is 26.3 Å². The number of amides is 1. The van der Waals surface area contributed by atoms with E-state index < -0.39 is 0 Å². The fourth-order valence-electron chi connectivity index (χ4n) is 3.30. The minimum atomic E-state index is 0. The van der Waals surface area contributed by atoms with E-state index in [1.165, 1.54) is 11.3 Å². The van der Waals surface area contributed by atoms with Crippen molar-refractivity contribution < 1.29 is 4.79 Å². The van der Waals surface area contributed by atoms with E-state index in [9.17, 15) is 4.79 Å². The number of hydrogen-bond donors (Lipinski definition) is 1. The molecule has 1 aromatic rings. The van der Waals surface area contributed by atoms with Crippen LogP contribution in [0.15, 0.2) is 29.3 Å². The number of para-hydroxylation sites is 1. The lowest BCUT2D eigenvalue weighted by atomic mass is 10.2. The number of benzene rings is 1. The molecule has 7 heteroatoms. The monoisotopic (exact) mass is 487 g/mol. The van der Waals surface area contributed by atoms with Gasteiger partial charge in [-0.2, -0.15) is 0 Å². The van der Waals surface area contributed by atoms with E-state index in [1.54, 1.807) is 6.92 Å². The average Bonchev–Trinajstić information content (AvgIpc) is 2.65. The van der Waals surface area contributed by atoms with E-state index in [0.717, 1.165) is 58.3 Å². The molecule has 0 aliphatic carbocycles. The number of piperazine rings is 1. The van der Waals surface area contributed by atoms with Gasteiger partial charge in [-0.1, -0.05) is 18.2 Å². The number of aryl methyl sites for hydroxylation is 1. The third kappa shape index (κ3) is 6.86. The molecule has 1 aromatic carbocycles. The Bertz CT molecular complexity index is 614. The molecule has 1 aliphatic heterocycles. The molecule has 0 atom stereocenters. The molecular weight excluding hydrogens is 453 g/mol. The van der Waals surface area contributed by atoms with Crippen molar-refractivity contribution in [1.29, 1.82) is 0 Å². The maximum absolute atomic E-state index is 11.5. The smallest absolute Gasteiger partial charge is 0.219 e. The second-order valence-electron chi connectivity index (χ2n) is 6.59. The van der Waals surface area contributed by atoms with Crippen LogP contribution in [0.3, 0.4) is 0 Å². The number of rotatable bonds is 6. The SMILES string of the molecule is CCNC(=NCCN(CC)c1ccccc1C)N1CCN(C(C)=O)CC1.I. The summed E-state index contributed by atoms with van der Waals surface area (Å²) in [7, 11) is 0. The molecule has 1 fully saturated rings. The Morgan fingerprint density at radius 2 is 1.78 bits per heavy atom. The van der Waals surface area contributed by atoms with E-state index in [4.69, 9.17) is 4.99 Å². The molecule has 1 heterocycles. The topological polar surface area (TPSA) is 51.2 Å². The van der Waals surface area contributed by atoms with Gasteiger partial charge in [0.2, 0.25) is 5.91 Å². The van der Waals surface area contributed by atoms with Crippen LogP contribution in [0.5, 0.6) is 0 Å². The van der Waals surface area contributed by atoms with Gasteiger partial charge in [0, 0.05) is 58.4 Å². The minimum Gasteiger partial charge on any atom is -0.370 e. The van der Waals surface area contributed by atoms with Gasteiger partial charge in [-0.25, -0.2) is 0 Å². The number of carbonyl (C=O) groups is 1. The molecule has 1 amide bonds. The van der Waals surface area contributed by atoms with E-state index in [1.807, 2.05) is 4.90 Å². The average molecular weight is 487 g/mol. The normalized spacial score (nSPS) is 14.6. The lowest BCUT2D eigenvalue weighted by Crippen LogP contribution is -2.53. The van der Waals surface area contributed by atoms with Crippen LogP contribution in [-0.2, 0) is 4.79 Å². The van der Waals surface area contributed by atoms with Gasteiger partial charge in [-0.3, -0.25) is 9.79 Å². The van der Waals surface area contributed by atoms with Crippen molar-refractivity contribution in [2.24, 2.45) is 4.99 Å². The molecule has 0 aromatic heterocycles. The van der Waals surface area contributed by atoms with E-state index in [0.29, 0.717) is 0 Å². The number of likely N-dealkylation sites (N-methyl/N-ethyl adjacent to an activating group) is 1. The highest BCUT2D eigenvalue weighted by molar-refractivity contribution is 14.0. The lowest BCUT2D eigenvalue weighted by molar-refractivity contribution is -0.130. The molecular formula is C20H34IN5O. The lowest BCUT2D eigenvalue weighted by Gasteiger charge is -2.36. The van der Waals surface area contributed by atoms with Gasteiger partial charge in [-0.05, 0) is 32.4 Å². The van der Waals surface area contributed by atoms with Crippen LogP contribution in [0.4, 0.5) is 5.69 Å². The van der Waals surface area contributed by atoms with Gasteiger partial charge < -0.3 is 20.0 Å². The molecule has 1 N–H and O–H groups in total. The van der Waals surface area contributed by atoms with E-state index in [2.05, 4.69) is 60.2 Å². The van der Waals surface area contributed by atoms with Gasteiger partial charge in [0.15, 0.2) is 5.96 Å². The first-order valence-electron chi connectivity index (χ1n) is 9.66. The Morgan fingerprint density at radius 3 is 2.33 bits per heavy atom. The van der Waals surface area contributed by atoms with Crippen molar-refractivity contribution in [2.75, 3.05) is 57.3 Å². The Morgan fingerprint density at radius 1 is 1.15 bits per heavy atom. The van der Waals surface area contributed by atoms with Gasteiger partial charge in [0.05, 0.1) is 6.54 Å². The zero-order chi connectivity index (χ0) is 18.9. The molecule has 0 bridgehead atoms. The number of aliphatic imine (C=N–C) groups is 1. The zero-order valence-electron chi connectivity index (χ0n) is 17.1. The first kappa shape index (κ1) is 23.5. The van der Waals surface area contributed by atoms with Gasteiger partial charge in [0.25, 0.3) is 0 Å². The van der Waals surface area contributed by atoms with Crippen LogP contribution in [0.25, 0.3) is 0 Å². The van der Waals surface area contributed by atoms with Crippen molar-refractivity contribution in [3.63, 3.8) is 0 Å². The summed E-state index contributed by atoms with van der Waals surface area (Å²) >= 11 is 0. The summed E-state index contributed by atoms with van der Waals surface area (Å²) in [5.74, 6) is 1.11. The third-order valence-corrected chi connectivity index (χ3v) is 4.83.